The van der Waals surface area contributed by atoms with E-state index in [-0.39, 0.29) is 57.3 Å². The Balaban J connectivity index is 0.000000164. The fraction of sp³-hybridized carbons (Fsp3) is 0.113. The summed E-state index contributed by atoms with van der Waals surface area (Å²) in [6, 6.07) is 45.0. The van der Waals surface area contributed by atoms with E-state index in [4.69, 9.17) is 50.6 Å². The Labute approximate surface area is 516 Å². The third-order valence-corrected chi connectivity index (χ3v) is 13.0. The monoisotopic (exact) mass is 1240 g/mol. The highest BCUT2D eigenvalue weighted by Gasteiger charge is 2.32. The number of rotatable bonds is 11. The Kier molecular flexibility index (Phi) is 23.0. The van der Waals surface area contributed by atoms with Gasteiger partial charge in [-0.1, -0.05) is 157 Å². The van der Waals surface area contributed by atoms with E-state index in [0.717, 1.165) is 40.7 Å². The van der Waals surface area contributed by atoms with Crippen molar-refractivity contribution in [2.45, 2.75) is 25.3 Å². The van der Waals surface area contributed by atoms with Gasteiger partial charge >= 0.3 is 23.9 Å². The second-order valence-corrected chi connectivity index (χ2v) is 19.4. The minimum absolute atomic E-state index is 0.0260. The molecule has 27 heteroatoms. The van der Waals surface area contributed by atoms with Gasteiger partial charge in [0, 0.05) is 28.7 Å². The number of nitrogens with zero attached hydrogens (tertiary/aromatic N) is 9. The largest absolute Gasteiger partial charge is 0.476 e. The van der Waals surface area contributed by atoms with Crippen LogP contribution in [0.3, 0.4) is 0 Å². The Hall–Kier alpha value is -11.6. The third-order valence-electron chi connectivity index (χ3n) is 12.6. The van der Waals surface area contributed by atoms with E-state index in [1.807, 2.05) is 133 Å². The number of hydrogen-bond acceptors (Lipinski definition) is 20. The van der Waals surface area contributed by atoms with Gasteiger partial charge in [-0.05, 0) is 48.1 Å². The van der Waals surface area contributed by atoms with Crippen LogP contribution in [0.25, 0.3) is 45.0 Å². The van der Waals surface area contributed by atoms with Crippen LogP contribution in [0.4, 0.5) is 17.5 Å². The van der Waals surface area contributed by atoms with E-state index in [1.165, 1.54) is 39.0 Å². The summed E-state index contributed by atoms with van der Waals surface area (Å²) >= 11 is 11.5. The number of aromatic nitrogens is 10. The maximum atomic E-state index is 13.0. The van der Waals surface area contributed by atoms with Gasteiger partial charge in [0.15, 0.2) is 40.2 Å². The first-order valence-corrected chi connectivity index (χ1v) is 27.2. The van der Waals surface area contributed by atoms with Crippen molar-refractivity contribution in [3.63, 3.8) is 0 Å². The van der Waals surface area contributed by atoms with E-state index < -0.39 is 40.7 Å². The van der Waals surface area contributed by atoms with Gasteiger partial charge in [-0.2, -0.15) is 0 Å². The van der Waals surface area contributed by atoms with Crippen molar-refractivity contribution in [1.82, 2.24) is 54.7 Å². The summed E-state index contributed by atoms with van der Waals surface area (Å²) in [6.45, 7) is 0.631. The molecule has 1 amide bonds. The van der Waals surface area contributed by atoms with Gasteiger partial charge < -0.3 is 51.8 Å². The molecule has 5 aromatic carbocycles. The standard InChI is InChI=1S/C22H20ClN3O2.C12H11N3O2.C11H9N3O2.C11H8N2O3.C6H6ClN3O2/c23-17-9-4-6-15(12-17)13-18-10-5-11-26(18)22(28)20-21(27)25-19(14-24-20)16-7-2-1-3-8-16;1-17-12(16)10-11(13)15-9(7-14-10)8-5-3-2-4-6-8;12-10-9(11(15)16)13-6-8(14-10)7-4-2-1-3-5-7;14-10-9(11(15)16)12-6-8(13-10)7-4-2-1-3-5-7;1-12-6(11)4-5(8)10-3(7)2-9-4/h1-4,6-9,12,14,18H,5,10-11,13H2,(H,25,27);2-7H,1H3,(H2,13,15);1-6H,(H2,12,14)(H,15,16);1-6H,(H,13,14)(H,15,16);2H,1H3,(H2,8,10)/t18-;;;;/m0..../s1. The van der Waals surface area contributed by atoms with Crippen LogP contribution in [-0.4, -0.2) is 122 Å². The number of ether oxygens (including phenoxy) is 2. The molecule has 0 radical (unpaired) electrons. The average Bonchev–Trinajstić information content (AvgIpc) is 3.64. The predicted octanol–water partition coefficient (Wildman–Crippen LogP) is 8.51. The number of nitrogen functional groups attached to an aromatic ring is 3. The van der Waals surface area contributed by atoms with Gasteiger partial charge in [0.25, 0.3) is 17.0 Å². The number of carbonyl (C=O) groups excluding carboxylic acids is 3. The number of amides is 1. The van der Waals surface area contributed by atoms with Crippen LogP contribution in [0, 0.1) is 0 Å². The van der Waals surface area contributed by atoms with Gasteiger partial charge in [-0.25, -0.2) is 59.0 Å². The molecule has 0 unspecified atom stereocenters. The normalized spacial score (nSPS) is 11.9. The number of nitrogens with two attached hydrogens (primary N) is 3. The molecule has 0 bridgehead atoms. The van der Waals surface area contributed by atoms with Crippen molar-refractivity contribution in [3.05, 3.63) is 241 Å². The Morgan fingerprint density at radius 2 is 0.944 bits per heavy atom. The number of carboxylic acids is 2. The topological polar surface area (TPSA) is 394 Å². The molecule has 1 atom stereocenters. The summed E-state index contributed by atoms with van der Waals surface area (Å²) in [6.07, 6.45) is 9.53. The van der Waals surface area contributed by atoms with E-state index in [2.05, 4.69) is 59.3 Å². The van der Waals surface area contributed by atoms with Gasteiger partial charge in [0.2, 0.25) is 5.69 Å². The van der Waals surface area contributed by atoms with Crippen molar-refractivity contribution in [2.24, 2.45) is 0 Å². The number of halogens is 2. The number of hydrogen-bond donors (Lipinski definition) is 7. The number of aromatic amines is 2. The first-order chi connectivity index (χ1) is 42.8. The molecule has 25 nitrogen and oxygen atoms in total. The number of anilines is 3. The molecule has 10 N–H and O–H groups in total. The molecular weight excluding hydrogens is 1190 g/mol. The van der Waals surface area contributed by atoms with Crippen molar-refractivity contribution in [1.29, 1.82) is 0 Å². The van der Waals surface area contributed by atoms with Crippen LogP contribution >= 0.6 is 23.2 Å². The lowest BCUT2D eigenvalue weighted by Gasteiger charge is -2.24. The fourth-order valence-electron chi connectivity index (χ4n) is 8.38. The van der Waals surface area contributed by atoms with Crippen LogP contribution in [0.5, 0.6) is 0 Å². The summed E-state index contributed by atoms with van der Waals surface area (Å²) in [7, 11) is 2.51. The molecule has 89 heavy (non-hydrogen) atoms. The molecule has 5 aromatic heterocycles. The number of aromatic carboxylic acids is 2. The average molecular weight is 1240 g/mol. The van der Waals surface area contributed by atoms with Crippen LogP contribution < -0.4 is 28.3 Å². The molecule has 0 spiro atoms. The Bertz CT molecular complexity index is 4230. The Morgan fingerprint density at radius 3 is 1.36 bits per heavy atom. The zero-order valence-corrected chi connectivity index (χ0v) is 48.7. The molecule has 6 heterocycles. The summed E-state index contributed by atoms with van der Waals surface area (Å²) in [4.78, 5) is 118. The molecule has 10 aromatic rings. The molecule has 1 saturated heterocycles. The van der Waals surface area contributed by atoms with Crippen LogP contribution in [-0.2, 0) is 15.9 Å². The van der Waals surface area contributed by atoms with E-state index >= 15 is 0 Å². The second-order valence-electron chi connectivity index (χ2n) is 18.5. The molecule has 1 fully saturated rings. The van der Waals surface area contributed by atoms with Crippen LogP contribution in [0.1, 0.15) is 70.8 Å². The maximum absolute atomic E-state index is 13.0. The number of likely N-dealkylation sites (tertiary alicyclic amines) is 1. The second kappa shape index (κ2) is 31.5. The summed E-state index contributed by atoms with van der Waals surface area (Å²) < 4.78 is 8.93. The zero-order valence-electron chi connectivity index (χ0n) is 47.2. The lowest BCUT2D eigenvalue weighted by molar-refractivity contribution is 0.0586. The number of esters is 2. The van der Waals surface area contributed by atoms with Gasteiger partial charge in [0.1, 0.15) is 5.15 Å². The number of carboxylic acid groups (broad SMARTS) is 2. The van der Waals surface area contributed by atoms with Crippen molar-refractivity contribution in [2.75, 3.05) is 38.0 Å². The lowest BCUT2D eigenvalue weighted by atomic mass is 10.0. The van der Waals surface area contributed by atoms with Gasteiger partial charge in [-0.15, -0.1) is 0 Å². The molecule has 452 valence electrons. The zero-order chi connectivity index (χ0) is 64.0. The van der Waals surface area contributed by atoms with Crippen molar-refractivity contribution >= 4 is 70.4 Å². The lowest BCUT2D eigenvalue weighted by Crippen LogP contribution is -2.40. The van der Waals surface area contributed by atoms with Crippen LogP contribution in [0.2, 0.25) is 10.2 Å². The Morgan fingerprint density at radius 1 is 0.528 bits per heavy atom. The highest BCUT2D eigenvalue weighted by Crippen LogP contribution is 2.25. The van der Waals surface area contributed by atoms with E-state index in [0.29, 0.717) is 40.8 Å². The number of carbonyl (C=O) groups is 5. The molecule has 1 aliphatic rings. The summed E-state index contributed by atoms with van der Waals surface area (Å²) in [5.41, 5.74) is 21.3. The number of benzene rings is 5. The molecule has 11 rings (SSSR count). The van der Waals surface area contributed by atoms with Crippen molar-refractivity contribution in [3.8, 4) is 45.0 Å². The SMILES string of the molecule is COC(=O)c1ncc(-c2ccccc2)nc1N.COC(=O)c1ncc(Cl)nc1N.Nc1nc(-c2ccccc2)cnc1C(=O)O.O=C(O)c1ncc(-c2ccccc2)[nH]c1=O.O=C(c1ncc(-c2ccccc2)[nH]c1=O)N1CCC[C@H]1Cc1cccc(Cl)c1. The smallest absolute Gasteiger partial charge is 0.360 e. The predicted molar refractivity (Wildman–Crippen MR) is 332 cm³/mol. The highest BCUT2D eigenvalue weighted by atomic mass is 35.5. The number of H-pyrrole nitrogens is 2. The summed E-state index contributed by atoms with van der Waals surface area (Å²) in [5.74, 6) is -4.08. The van der Waals surface area contributed by atoms with E-state index in [9.17, 15) is 33.6 Å². The summed E-state index contributed by atoms with van der Waals surface area (Å²) in [5, 5.41) is 18.2. The number of nitrogens with one attached hydrogen (secondary N) is 2. The van der Waals surface area contributed by atoms with E-state index in [1.54, 1.807) is 23.2 Å². The maximum Gasteiger partial charge on any atom is 0.360 e. The van der Waals surface area contributed by atoms with Gasteiger partial charge in [-0.3, -0.25) is 14.4 Å². The van der Waals surface area contributed by atoms with Crippen LogP contribution in [0.15, 0.2) is 186 Å². The third kappa shape index (κ3) is 18.0. The molecule has 0 saturated carbocycles. The first-order valence-electron chi connectivity index (χ1n) is 26.5. The minimum Gasteiger partial charge on any atom is -0.476 e. The number of methoxy groups -OCH3 is 2. The minimum atomic E-state index is -1.33. The first kappa shape index (κ1) is 65.0. The quantitative estimate of drug-likeness (QED) is 0.0596. The fourth-order valence-corrected chi connectivity index (χ4v) is 8.73. The van der Waals surface area contributed by atoms with Crippen molar-refractivity contribution < 1.29 is 43.7 Å². The molecular formula is C62H54Cl2N14O11. The molecule has 1 aliphatic heterocycles. The highest BCUT2D eigenvalue weighted by molar-refractivity contribution is 6.30. The molecule has 0 aliphatic carbocycles. The van der Waals surface area contributed by atoms with Gasteiger partial charge in [0.05, 0.1) is 68.0 Å².